The Balaban J connectivity index is 2.07. The molecule has 0 aliphatic carbocycles. The topological polar surface area (TPSA) is 92.3 Å². The van der Waals surface area contributed by atoms with E-state index in [-0.39, 0.29) is 29.7 Å². The first kappa shape index (κ1) is 21.2. The van der Waals surface area contributed by atoms with E-state index in [0.717, 1.165) is 4.57 Å². The molecule has 1 heterocycles. The Hall–Kier alpha value is -3.56. The van der Waals surface area contributed by atoms with Crippen LogP contribution in [0.1, 0.15) is 32.6 Å². The number of nitriles is 1. The van der Waals surface area contributed by atoms with Gasteiger partial charge in [-0.2, -0.15) is 5.26 Å². The number of aromatic hydroxyl groups is 1. The molecule has 0 spiro atoms. The van der Waals surface area contributed by atoms with Crippen molar-refractivity contribution in [3.63, 3.8) is 0 Å². The fourth-order valence-electron chi connectivity index (χ4n) is 3.25. The minimum absolute atomic E-state index is 0.00639. The zero-order chi connectivity index (χ0) is 21.8. The molecule has 0 amide bonds. The summed E-state index contributed by atoms with van der Waals surface area (Å²) in [6, 6.07) is 15.7. The summed E-state index contributed by atoms with van der Waals surface area (Å²) in [5, 5.41) is 20.7. The van der Waals surface area contributed by atoms with Crippen molar-refractivity contribution in [2.24, 2.45) is 0 Å². The van der Waals surface area contributed by atoms with Crippen LogP contribution in [0.15, 0.2) is 53.3 Å². The van der Waals surface area contributed by atoms with Gasteiger partial charge in [-0.3, -0.25) is 14.2 Å². The van der Waals surface area contributed by atoms with E-state index in [9.17, 15) is 20.0 Å². The number of methoxy groups -OCH3 is 1. The summed E-state index contributed by atoms with van der Waals surface area (Å²) < 4.78 is 6.12. The van der Waals surface area contributed by atoms with Crippen molar-refractivity contribution in [2.45, 2.75) is 19.9 Å². The first-order valence-corrected chi connectivity index (χ1v) is 9.51. The van der Waals surface area contributed by atoms with Gasteiger partial charge >= 0.3 is 0 Å². The third kappa shape index (κ3) is 4.07. The van der Waals surface area contributed by atoms with E-state index >= 15 is 0 Å². The molecule has 30 heavy (non-hydrogen) atoms. The third-order valence-corrected chi connectivity index (χ3v) is 5.26. The van der Waals surface area contributed by atoms with Crippen LogP contribution in [0.5, 0.6) is 11.6 Å². The second-order valence-electron chi connectivity index (χ2n) is 6.74. The second-order valence-corrected chi connectivity index (χ2v) is 7.15. The van der Waals surface area contributed by atoms with Crippen LogP contribution in [0.25, 0.3) is 0 Å². The number of pyridine rings is 1. The SMILES string of the molecule is COc1ccc(CC(=O)c2c(C)c(C#N)c(=O)n(Cc3ccccc3Cl)c2O)cc1. The molecule has 152 valence electrons. The third-order valence-electron chi connectivity index (χ3n) is 4.89. The number of hydrogen-bond acceptors (Lipinski definition) is 5. The molecule has 0 saturated carbocycles. The summed E-state index contributed by atoms with van der Waals surface area (Å²) >= 11 is 6.18. The molecule has 0 aliphatic rings. The molecule has 6 nitrogen and oxygen atoms in total. The molecule has 0 unspecified atom stereocenters. The number of nitrogens with zero attached hydrogens (tertiary/aromatic N) is 2. The van der Waals surface area contributed by atoms with E-state index < -0.39 is 17.2 Å². The number of carbonyl (C=O) groups excluding carboxylic acids is 1. The monoisotopic (exact) mass is 422 g/mol. The van der Waals surface area contributed by atoms with E-state index in [1.807, 2.05) is 6.07 Å². The number of carbonyl (C=O) groups is 1. The normalized spacial score (nSPS) is 10.5. The van der Waals surface area contributed by atoms with Gasteiger partial charge in [-0.25, -0.2) is 0 Å². The maximum absolute atomic E-state index is 13.0. The molecule has 3 rings (SSSR count). The van der Waals surface area contributed by atoms with Gasteiger partial charge in [-0.15, -0.1) is 0 Å². The van der Waals surface area contributed by atoms with Gasteiger partial charge in [0.25, 0.3) is 5.56 Å². The van der Waals surface area contributed by atoms with Gasteiger partial charge in [0.1, 0.15) is 17.4 Å². The van der Waals surface area contributed by atoms with Crippen molar-refractivity contribution in [1.29, 1.82) is 5.26 Å². The number of aromatic nitrogens is 1. The van der Waals surface area contributed by atoms with Gasteiger partial charge < -0.3 is 9.84 Å². The van der Waals surface area contributed by atoms with E-state index in [1.54, 1.807) is 55.6 Å². The molecule has 0 fully saturated rings. The molecule has 0 bridgehead atoms. The number of benzene rings is 2. The van der Waals surface area contributed by atoms with Crippen molar-refractivity contribution < 1.29 is 14.6 Å². The van der Waals surface area contributed by atoms with Crippen molar-refractivity contribution in [3.05, 3.63) is 91.7 Å². The smallest absolute Gasteiger partial charge is 0.271 e. The molecule has 0 aliphatic heterocycles. The minimum Gasteiger partial charge on any atom is -0.497 e. The highest BCUT2D eigenvalue weighted by Gasteiger charge is 2.24. The van der Waals surface area contributed by atoms with Gasteiger partial charge in [-0.05, 0) is 41.8 Å². The minimum atomic E-state index is -0.673. The van der Waals surface area contributed by atoms with Crippen LogP contribution in [0.2, 0.25) is 5.02 Å². The lowest BCUT2D eigenvalue weighted by Gasteiger charge is -2.16. The Bertz CT molecular complexity index is 1210. The molecule has 0 atom stereocenters. The standard InChI is InChI=1S/C23H19ClN2O4/c1-14-18(12-25)22(28)26(13-16-5-3-4-6-19(16)24)23(29)21(14)20(27)11-15-7-9-17(30-2)10-8-15/h3-10,29H,11,13H2,1-2H3. The van der Waals surface area contributed by atoms with Gasteiger partial charge in [0.2, 0.25) is 5.88 Å². The lowest BCUT2D eigenvalue weighted by atomic mass is 9.97. The van der Waals surface area contributed by atoms with Crippen LogP contribution < -0.4 is 10.3 Å². The number of rotatable bonds is 6. The van der Waals surface area contributed by atoms with E-state index in [4.69, 9.17) is 16.3 Å². The number of Topliss-reactive ketones (excluding diaryl/α,β-unsaturated/α-hetero) is 1. The Kier molecular flexibility index (Phi) is 6.24. The number of hydrogen-bond donors (Lipinski definition) is 1. The number of halogens is 1. The zero-order valence-corrected chi connectivity index (χ0v) is 17.2. The molecule has 0 radical (unpaired) electrons. The van der Waals surface area contributed by atoms with Crippen LogP contribution >= 0.6 is 11.6 Å². The maximum Gasteiger partial charge on any atom is 0.271 e. The molecule has 2 aromatic carbocycles. The molecule has 1 aromatic heterocycles. The van der Waals surface area contributed by atoms with Crippen LogP contribution in [-0.2, 0) is 13.0 Å². The lowest BCUT2D eigenvalue weighted by Crippen LogP contribution is -2.27. The summed E-state index contributed by atoms with van der Waals surface area (Å²) in [7, 11) is 1.55. The van der Waals surface area contributed by atoms with Crippen molar-refractivity contribution in [2.75, 3.05) is 7.11 Å². The summed E-state index contributed by atoms with van der Waals surface area (Å²) in [5.41, 5.74) is 0.550. The predicted molar refractivity (Wildman–Crippen MR) is 113 cm³/mol. The highest BCUT2D eigenvalue weighted by molar-refractivity contribution is 6.31. The largest absolute Gasteiger partial charge is 0.497 e. The van der Waals surface area contributed by atoms with Gasteiger partial charge in [0.05, 0.1) is 19.2 Å². The summed E-state index contributed by atoms with van der Waals surface area (Å²) in [4.78, 5) is 25.8. The highest BCUT2D eigenvalue weighted by atomic mass is 35.5. The van der Waals surface area contributed by atoms with E-state index in [1.165, 1.54) is 6.92 Å². The Morgan fingerprint density at radius 2 is 1.87 bits per heavy atom. The van der Waals surface area contributed by atoms with Gasteiger partial charge in [-0.1, -0.05) is 41.9 Å². The van der Waals surface area contributed by atoms with Crippen LogP contribution in [-0.4, -0.2) is 22.6 Å². The lowest BCUT2D eigenvalue weighted by molar-refractivity contribution is 0.0988. The van der Waals surface area contributed by atoms with Crippen molar-refractivity contribution in [3.8, 4) is 17.7 Å². The molecular weight excluding hydrogens is 404 g/mol. The van der Waals surface area contributed by atoms with E-state index in [2.05, 4.69) is 0 Å². The summed E-state index contributed by atoms with van der Waals surface area (Å²) in [5.74, 6) is -0.222. The van der Waals surface area contributed by atoms with Gasteiger partial charge in [0, 0.05) is 11.4 Å². The van der Waals surface area contributed by atoms with Crippen LogP contribution in [0.4, 0.5) is 0 Å². The Labute approximate surface area is 178 Å². The fourth-order valence-corrected chi connectivity index (χ4v) is 3.44. The average Bonchev–Trinajstić information content (AvgIpc) is 2.73. The number of ether oxygens (including phenoxy) is 1. The maximum atomic E-state index is 13.0. The summed E-state index contributed by atoms with van der Waals surface area (Å²) in [6.45, 7) is 1.42. The number of ketones is 1. The van der Waals surface area contributed by atoms with E-state index in [0.29, 0.717) is 21.9 Å². The molecule has 7 heteroatoms. The van der Waals surface area contributed by atoms with Crippen LogP contribution in [0, 0.1) is 18.3 Å². The predicted octanol–water partition coefficient (Wildman–Crippen LogP) is 3.87. The Morgan fingerprint density at radius 1 is 1.20 bits per heavy atom. The molecular formula is C23H19ClN2O4. The molecule has 1 N–H and O–H groups in total. The quantitative estimate of drug-likeness (QED) is 0.609. The zero-order valence-electron chi connectivity index (χ0n) is 16.5. The highest BCUT2D eigenvalue weighted by Crippen LogP contribution is 2.26. The first-order chi connectivity index (χ1) is 14.4. The van der Waals surface area contributed by atoms with Crippen molar-refractivity contribution >= 4 is 17.4 Å². The van der Waals surface area contributed by atoms with Crippen LogP contribution in [0.3, 0.4) is 0 Å². The first-order valence-electron chi connectivity index (χ1n) is 9.13. The molecule has 0 saturated heterocycles. The van der Waals surface area contributed by atoms with Crippen molar-refractivity contribution in [1.82, 2.24) is 4.57 Å². The van der Waals surface area contributed by atoms with Gasteiger partial charge in [0.15, 0.2) is 5.78 Å². The molecule has 3 aromatic rings. The summed E-state index contributed by atoms with van der Waals surface area (Å²) in [6.07, 6.45) is -0.00639. The fraction of sp³-hybridized carbons (Fsp3) is 0.174. The Morgan fingerprint density at radius 3 is 2.47 bits per heavy atom. The average molecular weight is 423 g/mol. The second kappa shape index (κ2) is 8.85.